The lowest BCUT2D eigenvalue weighted by atomic mass is 10.1. The molecule has 4 nitrogen and oxygen atoms in total. The lowest BCUT2D eigenvalue weighted by molar-refractivity contribution is 0.923. The van der Waals surface area contributed by atoms with Crippen molar-refractivity contribution in [1.29, 1.82) is 0 Å². The van der Waals surface area contributed by atoms with Crippen LogP contribution < -0.4 is 16.6 Å². The van der Waals surface area contributed by atoms with Gasteiger partial charge in [-0.2, -0.15) is 0 Å². The van der Waals surface area contributed by atoms with Crippen molar-refractivity contribution >= 4 is 28.2 Å². The molecule has 0 atom stereocenters. The highest BCUT2D eigenvalue weighted by atomic mass is 32.1. The van der Waals surface area contributed by atoms with Crippen LogP contribution in [0.4, 0.5) is 0 Å². The molecule has 0 unspecified atom stereocenters. The summed E-state index contributed by atoms with van der Waals surface area (Å²) < 4.78 is 0. The topological polar surface area (TPSA) is 70.9 Å². The maximum Gasteiger partial charge on any atom is 0.248 e. The van der Waals surface area contributed by atoms with Crippen molar-refractivity contribution in [2.24, 2.45) is 5.73 Å². The first kappa shape index (κ1) is 11.6. The van der Waals surface area contributed by atoms with Gasteiger partial charge in [-0.3, -0.25) is 4.79 Å². The summed E-state index contributed by atoms with van der Waals surface area (Å²) in [6.07, 6.45) is 0. The molecule has 17 heavy (non-hydrogen) atoms. The molecule has 4 N–H and O–H groups in total. The molecule has 88 valence electrons. The van der Waals surface area contributed by atoms with E-state index in [9.17, 15) is 4.79 Å². The monoisotopic (exact) mass is 247 g/mol. The Balaban J connectivity index is 2.58. The highest BCUT2D eigenvalue weighted by Crippen LogP contribution is 2.17. The van der Waals surface area contributed by atoms with Crippen molar-refractivity contribution in [2.45, 2.75) is 13.5 Å². The number of hydrogen-bond donors (Lipinski definition) is 3. The molecule has 0 spiro atoms. The first-order valence-electron chi connectivity index (χ1n) is 5.23. The molecule has 0 aliphatic carbocycles. The largest absolute Gasteiger partial charge is 0.376 e. The molecule has 5 heteroatoms. The van der Waals surface area contributed by atoms with E-state index in [-0.39, 0.29) is 10.7 Å². The highest BCUT2D eigenvalue weighted by molar-refractivity contribution is 7.80. The Labute approximate surface area is 104 Å². The molecule has 0 bridgehead atoms. The maximum atomic E-state index is 11.6. The van der Waals surface area contributed by atoms with Crippen LogP contribution >= 0.6 is 12.2 Å². The van der Waals surface area contributed by atoms with Crippen LogP contribution in [0.15, 0.2) is 29.1 Å². The minimum Gasteiger partial charge on any atom is -0.376 e. The van der Waals surface area contributed by atoms with Crippen LogP contribution in [0.2, 0.25) is 0 Å². The number of pyridine rings is 1. The van der Waals surface area contributed by atoms with E-state index in [4.69, 9.17) is 18.0 Å². The van der Waals surface area contributed by atoms with Crippen molar-refractivity contribution < 1.29 is 0 Å². The predicted molar refractivity (Wildman–Crippen MR) is 72.9 cm³/mol. The number of nitrogens with one attached hydrogen (secondary N) is 2. The number of para-hydroxylation sites is 1. The molecule has 2 rings (SSSR count). The summed E-state index contributed by atoms with van der Waals surface area (Å²) in [4.78, 5) is 14.4. The summed E-state index contributed by atoms with van der Waals surface area (Å²) in [6, 6.07) is 7.45. The predicted octanol–water partition coefficient (Wildman–Crippen LogP) is 1.17. The van der Waals surface area contributed by atoms with E-state index in [2.05, 4.69) is 10.3 Å². The Morgan fingerprint density at radius 2 is 2.29 bits per heavy atom. The molecule has 1 heterocycles. The van der Waals surface area contributed by atoms with Gasteiger partial charge in [0.2, 0.25) is 5.56 Å². The standard InChI is InChI=1S/C12H13N3OS/c1-7-3-2-4-9-8(6-14-12(13)17)5-10(16)15-11(7)9/h2-5H,6H2,1H3,(H,15,16)(H3,13,14,17). The third-order valence-corrected chi connectivity index (χ3v) is 2.77. The van der Waals surface area contributed by atoms with Gasteiger partial charge in [0.1, 0.15) is 0 Å². The van der Waals surface area contributed by atoms with Crippen molar-refractivity contribution in [3.63, 3.8) is 0 Å². The van der Waals surface area contributed by atoms with Gasteiger partial charge in [-0.15, -0.1) is 0 Å². The highest BCUT2D eigenvalue weighted by Gasteiger charge is 2.05. The van der Waals surface area contributed by atoms with Gasteiger partial charge in [0.25, 0.3) is 0 Å². The number of nitrogens with two attached hydrogens (primary N) is 1. The average molecular weight is 247 g/mol. The van der Waals surface area contributed by atoms with Crippen LogP contribution in [-0.4, -0.2) is 10.1 Å². The third-order valence-electron chi connectivity index (χ3n) is 2.63. The zero-order valence-corrected chi connectivity index (χ0v) is 10.2. The molecule has 2 aromatic rings. The third kappa shape index (κ3) is 2.45. The molecular formula is C12H13N3OS. The summed E-state index contributed by atoms with van der Waals surface area (Å²) in [5, 5.41) is 4.09. The van der Waals surface area contributed by atoms with Crippen LogP contribution in [0.5, 0.6) is 0 Å². The van der Waals surface area contributed by atoms with Gasteiger partial charge < -0.3 is 16.0 Å². The first-order chi connectivity index (χ1) is 8.08. The van der Waals surface area contributed by atoms with Crippen LogP contribution in [0.3, 0.4) is 0 Å². The molecule has 0 saturated carbocycles. The summed E-state index contributed by atoms with van der Waals surface area (Å²) in [7, 11) is 0. The number of hydrogen-bond acceptors (Lipinski definition) is 2. The fourth-order valence-electron chi connectivity index (χ4n) is 1.83. The van der Waals surface area contributed by atoms with E-state index < -0.39 is 0 Å². The SMILES string of the molecule is Cc1cccc2c(CNC(N)=S)cc(=O)[nH]c12. The molecule has 0 saturated heterocycles. The van der Waals surface area contributed by atoms with E-state index in [0.717, 1.165) is 22.0 Å². The van der Waals surface area contributed by atoms with Gasteiger partial charge in [-0.25, -0.2) is 0 Å². The van der Waals surface area contributed by atoms with E-state index in [1.54, 1.807) is 6.07 Å². The zero-order valence-electron chi connectivity index (χ0n) is 9.41. The van der Waals surface area contributed by atoms with Crippen LogP contribution in [0.1, 0.15) is 11.1 Å². The van der Waals surface area contributed by atoms with Gasteiger partial charge >= 0.3 is 0 Å². The van der Waals surface area contributed by atoms with Gasteiger partial charge in [0.15, 0.2) is 5.11 Å². The van der Waals surface area contributed by atoms with Crippen LogP contribution in [0.25, 0.3) is 10.9 Å². The fourth-order valence-corrected chi connectivity index (χ4v) is 1.90. The minimum atomic E-state index is -0.119. The second-order valence-corrected chi connectivity index (χ2v) is 4.31. The van der Waals surface area contributed by atoms with E-state index in [0.29, 0.717) is 6.54 Å². The van der Waals surface area contributed by atoms with Crippen molar-refractivity contribution in [1.82, 2.24) is 10.3 Å². The van der Waals surface area contributed by atoms with E-state index in [1.165, 1.54) is 0 Å². The Morgan fingerprint density at radius 1 is 1.53 bits per heavy atom. The van der Waals surface area contributed by atoms with Gasteiger partial charge in [-0.05, 0) is 30.3 Å². The molecular weight excluding hydrogens is 234 g/mol. The molecule has 0 radical (unpaired) electrons. The average Bonchev–Trinajstić information content (AvgIpc) is 2.27. The number of rotatable bonds is 2. The molecule has 1 aromatic heterocycles. The number of aromatic nitrogens is 1. The Hall–Kier alpha value is -1.88. The smallest absolute Gasteiger partial charge is 0.248 e. The number of aromatic amines is 1. The number of thiocarbonyl (C=S) groups is 1. The number of benzene rings is 1. The lowest BCUT2D eigenvalue weighted by Gasteiger charge is -2.09. The van der Waals surface area contributed by atoms with Crippen molar-refractivity contribution in [2.75, 3.05) is 0 Å². The van der Waals surface area contributed by atoms with Gasteiger partial charge in [-0.1, -0.05) is 18.2 Å². The maximum absolute atomic E-state index is 11.6. The number of fused-ring (bicyclic) bond motifs is 1. The summed E-state index contributed by atoms with van der Waals surface area (Å²) in [5.41, 5.74) is 8.06. The first-order valence-corrected chi connectivity index (χ1v) is 5.63. The molecule has 0 fully saturated rings. The molecule has 0 amide bonds. The van der Waals surface area contributed by atoms with Crippen LogP contribution in [-0.2, 0) is 6.54 Å². The summed E-state index contributed by atoms with van der Waals surface area (Å²) in [5.74, 6) is 0. The minimum absolute atomic E-state index is 0.119. The van der Waals surface area contributed by atoms with Crippen molar-refractivity contribution in [3.05, 3.63) is 45.7 Å². The Bertz CT molecular complexity index is 633. The number of aryl methyl sites for hydroxylation is 1. The lowest BCUT2D eigenvalue weighted by Crippen LogP contribution is -2.28. The number of H-pyrrole nitrogens is 1. The second-order valence-electron chi connectivity index (χ2n) is 3.87. The molecule has 0 aliphatic rings. The second kappa shape index (κ2) is 4.55. The van der Waals surface area contributed by atoms with Gasteiger partial charge in [0, 0.05) is 18.0 Å². The Morgan fingerprint density at radius 3 is 3.00 bits per heavy atom. The zero-order chi connectivity index (χ0) is 12.4. The van der Waals surface area contributed by atoms with Gasteiger partial charge in [0.05, 0.1) is 5.52 Å². The summed E-state index contributed by atoms with van der Waals surface area (Å²) in [6.45, 7) is 2.42. The van der Waals surface area contributed by atoms with E-state index in [1.807, 2.05) is 25.1 Å². The van der Waals surface area contributed by atoms with Crippen LogP contribution in [0, 0.1) is 6.92 Å². The molecule has 1 aromatic carbocycles. The molecule has 0 aliphatic heterocycles. The van der Waals surface area contributed by atoms with Crippen molar-refractivity contribution in [3.8, 4) is 0 Å². The fraction of sp³-hybridized carbons (Fsp3) is 0.167. The Kier molecular flexibility index (Phi) is 3.10. The normalized spacial score (nSPS) is 10.4. The van der Waals surface area contributed by atoms with E-state index >= 15 is 0 Å². The summed E-state index contributed by atoms with van der Waals surface area (Å²) >= 11 is 4.76. The quantitative estimate of drug-likeness (QED) is 0.697.